The summed E-state index contributed by atoms with van der Waals surface area (Å²) < 4.78 is 10.9. The van der Waals surface area contributed by atoms with Crippen LogP contribution in [-0.2, 0) is 6.54 Å². The molecule has 6 heteroatoms. The molecule has 0 bridgehead atoms. The van der Waals surface area contributed by atoms with Crippen LogP contribution in [-0.4, -0.2) is 15.1 Å². The van der Waals surface area contributed by atoms with Crippen LogP contribution < -0.4 is 5.32 Å². The van der Waals surface area contributed by atoms with Gasteiger partial charge in [-0.1, -0.05) is 35.0 Å². The highest BCUT2D eigenvalue weighted by atomic mass is 16.5. The number of aryl methyl sites for hydroxylation is 2. The van der Waals surface area contributed by atoms with Crippen molar-refractivity contribution in [3.8, 4) is 11.3 Å². The highest BCUT2D eigenvalue weighted by Gasteiger charge is 2.17. The van der Waals surface area contributed by atoms with Gasteiger partial charge in [0.05, 0.1) is 12.8 Å². The highest BCUT2D eigenvalue weighted by Crippen LogP contribution is 2.30. The third-order valence-corrected chi connectivity index (χ3v) is 3.77. The lowest BCUT2D eigenvalue weighted by atomic mass is 10.1. The minimum Gasteiger partial charge on any atom is -0.467 e. The van der Waals surface area contributed by atoms with Crippen LogP contribution in [0.5, 0.6) is 0 Å². The van der Waals surface area contributed by atoms with Crippen molar-refractivity contribution < 1.29 is 8.94 Å². The van der Waals surface area contributed by atoms with Crippen molar-refractivity contribution in [2.75, 3.05) is 5.32 Å². The zero-order chi connectivity index (χ0) is 16.5. The number of rotatable bonds is 4. The van der Waals surface area contributed by atoms with Gasteiger partial charge in [-0.05, 0) is 26.0 Å². The number of anilines is 1. The molecule has 1 aromatic carbocycles. The molecule has 120 valence electrons. The maximum atomic E-state index is 5.52. The van der Waals surface area contributed by atoms with Gasteiger partial charge in [0.15, 0.2) is 5.82 Å². The molecule has 4 rings (SSSR count). The predicted octanol–water partition coefficient (Wildman–Crippen LogP) is 4.11. The van der Waals surface area contributed by atoms with Crippen LogP contribution in [0.3, 0.4) is 0 Å². The average Bonchev–Trinajstić information content (AvgIpc) is 3.23. The van der Waals surface area contributed by atoms with Gasteiger partial charge in [-0.2, -0.15) is 0 Å². The van der Waals surface area contributed by atoms with Gasteiger partial charge in [0, 0.05) is 5.56 Å². The van der Waals surface area contributed by atoms with Crippen LogP contribution in [0.2, 0.25) is 0 Å². The number of nitrogens with zero attached hydrogens (tertiary/aromatic N) is 3. The van der Waals surface area contributed by atoms with Crippen LogP contribution in [0.15, 0.2) is 51.6 Å². The van der Waals surface area contributed by atoms with Gasteiger partial charge >= 0.3 is 0 Å². The lowest BCUT2D eigenvalue weighted by molar-refractivity contribution is 0.459. The smallest absolute Gasteiger partial charge is 0.228 e. The number of hydrogen-bond acceptors (Lipinski definition) is 6. The fraction of sp³-hybridized carbons (Fsp3) is 0.167. The zero-order valence-electron chi connectivity index (χ0n) is 13.4. The molecule has 6 nitrogen and oxygen atoms in total. The zero-order valence-corrected chi connectivity index (χ0v) is 13.4. The van der Waals surface area contributed by atoms with Crippen LogP contribution in [0.4, 0.5) is 5.82 Å². The summed E-state index contributed by atoms with van der Waals surface area (Å²) in [7, 11) is 0. The Kier molecular flexibility index (Phi) is 3.49. The van der Waals surface area contributed by atoms with Crippen molar-refractivity contribution in [2.45, 2.75) is 20.4 Å². The quantitative estimate of drug-likeness (QED) is 0.610. The minimum atomic E-state index is 0.513. The normalized spacial score (nSPS) is 11.1. The Balaban J connectivity index is 1.75. The molecule has 0 aliphatic rings. The second kappa shape index (κ2) is 5.81. The molecule has 0 aliphatic heterocycles. The number of hydrogen-bond donors (Lipinski definition) is 1. The number of aromatic nitrogens is 3. The van der Waals surface area contributed by atoms with E-state index in [0.717, 1.165) is 17.0 Å². The van der Waals surface area contributed by atoms with E-state index in [4.69, 9.17) is 8.94 Å². The summed E-state index contributed by atoms with van der Waals surface area (Å²) in [5.41, 5.74) is 4.13. The van der Waals surface area contributed by atoms with E-state index >= 15 is 0 Å². The van der Waals surface area contributed by atoms with Gasteiger partial charge in [-0.3, -0.25) is 0 Å². The summed E-state index contributed by atoms with van der Waals surface area (Å²) in [6.07, 6.45) is 1.64. The molecule has 0 aliphatic carbocycles. The molecule has 0 amide bonds. The lowest BCUT2D eigenvalue weighted by Gasteiger charge is -2.04. The SMILES string of the molecule is Cc1ccc(-c2noc3c(NCc4ccco4)nc(C)nc23)cc1. The number of furan rings is 1. The molecule has 1 N–H and O–H groups in total. The first-order chi connectivity index (χ1) is 11.7. The van der Waals surface area contributed by atoms with Crippen LogP contribution >= 0.6 is 0 Å². The van der Waals surface area contributed by atoms with Gasteiger partial charge in [0.25, 0.3) is 0 Å². The summed E-state index contributed by atoms with van der Waals surface area (Å²) in [4.78, 5) is 8.93. The van der Waals surface area contributed by atoms with Gasteiger partial charge in [-0.25, -0.2) is 9.97 Å². The molecular weight excluding hydrogens is 304 g/mol. The largest absolute Gasteiger partial charge is 0.467 e. The standard InChI is InChI=1S/C18H16N4O2/c1-11-5-7-13(8-6-11)15-16-17(24-22-15)18(21-12(2)20-16)19-10-14-4-3-9-23-14/h3-9H,10H2,1-2H3,(H,19,20,21). The van der Waals surface area contributed by atoms with Crippen molar-refractivity contribution >= 4 is 16.9 Å². The predicted molar refractivity (Wildman–Crippen MR) is 90.5 cm³/mol. The Morgan fingerprint density at radius 2 is 1.88 bits per heavy atom. The first kappa shape index (κ1) is 14.4. The summed E-state index contributed by atoms with van der Waals surface area (Å²) in [6.45, 7) is 4.41. The molecule has 0 saturated heterocycles. The summed E-state index contributed by atoms with van der Waals surface area (Å²) in [5.74, 6) is 2.08. The Morgan fingerprint density at radius 1 is 1.04 bits per heavy atom. The van der Waals surface area contributed by atoms with E-state index in [1.807, 2.05) is 50.2 Å². The molecule has 0 fully saturated rings. The number of benzene rings is 1. The highest BCUT2D eigenvalue weighted by molar-refractivity contribution is 5.93. The second-order valence-electron chi connectivity index (χ2n) is 5.63. The van der Waals surface area contributed by atoms with Gasteiger partial charge in [0.1, 0.15) is 22.8 Å². The van der Waals surface area contributed by atoms with Gasteiger partial charge in [-0.15, -0.1) is 0 Å². The number of nitrogens with one attached hydrogen (secondary N) is 1. The summed E-state index contributed by atoms with van der Waals surface area (Å²) >= 11 is 0. The third kappa shape index (κ3) is 2.62. The van der Waals surface area contributed by atoms with E-state index < -0.39 is 0 Å². The molecule has 3 aromatic heterocycles. The fourth-order valence-corrected chi connectivity index (χ4v) is 2.55. The lowest BCUT2D eigenvalue weighted by Crippen LogP contribution is -2.03. The summed E-state index contributed by atoms with van der Waals surface area (Å²) in [6, 6.07) is 11.9. The van der Waals surface area contributed by atoms with Crippen molar-refractivity contribution in [3.05, 3.63) is 59.8 Å². The molecule has 0 atom stereocenters. The topological polar surface area (TPSA) is 77.0 Å². The summed E-state index contributed by atoms with van der Waals surface area (Å²) in [5, 5.41) is 7.43. The van der Waals surface area contributed by atoms with E-state index in [1.54, 1.807) is 6.26 Å². The fourth-order valence-electron chi connectivity index (χ4n) is 2.55. The van der Waals surface area contributed by atoms with Crippen molar-refractivity contribution in [2.24, 2.45) is 0 Å². The first-order valence-electron chi connectivity index (χ1n) is 7.68. The first-order valence-corrected chi connectivity index (χ1v) is 7.68. The molecule has 0 saturated carbocycles. The van der Waals surface area contributed by atoms with Crippen molar-refractivity contribution in [3.63, 3.8) is 0 Å². The maximum absolute atomic E-state index is 5.52. The van der Waals surface area contributed by atoms with E-state index in [9.17, 15) is 0 Å². The Morgan fingerprint density at radius 3 is 2.62 bits per heavy atom. The molecule has 0 radical (unpaired) electrons. The molecule has 0 spiro atoms. The van der Waals surface area contributed by atoms with Crippen molar-refractivity contribution in [1.29, 1.82) is 0 Å². The molecule has 4 aromatic rings. The van der Waals surface area contributed by atoms with Crippen molar-refractivity contribution in [1.82, 2.24) is 15.1 Å². The second-order valence-corrected chi connectivity index (χ2v) is 5.63. The Labute approximate surface area is 138 Å². The third-order valence-electron chi connectivity index (χ3n) is 3.77. The molecule has 3 heterocycles. The van der Waals surface area contributed by atoms with E-state index in [0.29, 0.717) is 29.3 Å². The van der Waals surface area contributed by atoms with E-state index in [-0.39, 0.29) is 0 Å². The molecule has 0 unspecified atom stereocenters. The monoisotopic (exact) mass is 320 g/mol. The molecular formula is C18H16N4O2. The van der Waals surface area contributed by atoms with Gasteiger partial charge < -0.3 is 14.3 Å². The van der Waals surface area contributed by atoms with Crippen LogP contribution in [0.1, 0.15) is 17.1 Å². The van der Waals surface area contributed by atoms with Crippen LogP contribution in [0.25, 0.3) is 22.4 Å². The van der Waals surface area contributed by atoms with Crippen LogP contribution in [0, 0.1) is 13.8 Å². The Hall–Kier alpha value is -3.15. The molecule has 24 heavy (non-hydrogen) atoms. The number of fused-ring (bicyclic) bond motifs is 1. The average molecular weight is 320 g/mol. The van der Waals surface area contributed by atoms with E-state index in [1.165, 1.54) is 5.56 Å². The Bertz CT molecular complexity index is 972. The van der Waals surface area contributed by atoms with E-state index in [2.05, 4.69) is 20.4 Å². The maximum Gasteiger partial charge on any atom is 0.228 e. The van der Waals surface area contributed by atoms with Gasteiger partial charge in [0.2, 0.25) is 5.58 Å². The minimum absolute atomic E-state index is 0.513.